The highest BCUT2D eigenvalue weighted by molar-refractivity contribution is 4.76. The van der Waals surface area contributed by atoms with E-state index < -0.39 is 0 Å². The van der Waals surface area contributed by atoms with Crippen molar-refractivity contribution in [1.82, 2.24) is 0 Å². The maximum Gasteiger partial charge on any atom is 0.0615 e. The molecule has 1 aliphatic rings. The fraction of sp³-hybridized carbons (Fsp3) is 1.00. The zero-order chi connectivity index (χ0) is 8.27. The minimum absolute atomic E-state index is 0.378. The smallest absolute Gasteiger partial charge is 0.0615 e. The molecule has 1 heterocycles. The molecule has 3 unspecified atom stereocenters. The molecule has 0 bridgehead atoms. The Morgan fingerprint density at radius 3 is 2.91 bits per heavy atom. The summed E-state index contributed by atoms with van der Waals surface area (Å²) in [5.41, 5.74) is 5.84. The standard InChI is InChI=1S/C9H19NO/c1-3-7(2)9-6-8(10)4-5-11-9/h7-9H,3-6,10H2,1-2H3. The Balaban J connectivity index is 2.33. The molecule has 0 radical (unpaired) electrons. The quantitative estimate of drug-likeness (QED) is 0.660. The lowest BCUT2D eigenvalue weighted by Crippen LogP contribution is -2.37. The van der Waals surface area contributed by atoms with Gasteiger partial charge in [-0.05, 0) is 18.8 Å². The molecule has 0 spiro atoms. The van der Waals surface area contributed by atoms with Crippen molar-refractivity contribution in [3.8, 4) is 0 Å². The van der Waals surface area contributed by atoms with E-state index in [-0.39, 0.29) is 0 Å². The molecule has 2 N–H and O–H groups in total. The van der Waals surface area contributed by atoms with Crippen molar-refractivity contribution in [3.63, 3.8) is 0 Å². The fourth-order valence-corrected chi connectivity index (χ4v) is 1.51. The minimum atomic E-state index is 0.378. The summed E-state index contributed by atoms with van der Waals surface area (Å²) >= 11 is 0. The van der Waals surface area contributed by atoms with Gasteiger partial charge in [0.05, 0.1) is 6.10 Å². The van der Waals surface area contributed by atoms with Gasteiger partial charge < -0.3 is 10.5 Å². The lowest BCUT2D eigenvalue weighted by atomic mass is 9.93. The molecule has 1 rings (SSSR count). The molecule has 0 aromatic rings. The maximum atomic E-state index is 5.84. The van der Waals surface area contributed by atoms with E-state index in [9.17, 15) is 0 Å². The Kier molecular flexibility index (Phi) is 3.34. The van der Waals surface area contributed by atoms with Crippen molar-refractivity contribution in [2.24, 2.45) is 11.7 Å². The highest BCUT2D eigenvalue weighted by Gasteiger charge is 2.23. The second-order valence-corrected chi connectivity index (χ2v) is 3.58. The molecular weight excluding hydrogens is 138 g/mol. The van der Waals surface area contributed by atoms with Crippen LogP contribution < -0.4 is 5.73 Å². The molecule has 1 fully saturated rings. The van der Waals surface area contributed by atoms with E-state index in [2.05, 4.69) is 13.8 Å². The molecule has 11 heavy (non-hydrogen) atoms. The predicted octanol–water partition coefficient (Wildman–Crippen LogP) is 1.54. The van der Waals surface area contributed by atoms with Crippen LogP contribution in [-0.2, 0) is 4.74 Å². The van der Waals surface area contributed by atoms with E-state index in [1.807, 2.05) is 0 Å². The minimum Gasteiger partial charge on any atom is -0.378 e. The van der Waals surface area contributed by atoms with Gasteiger partial charge in [-0.15, -0.1) is 0 Å². The molecule has 0 aliphatic carbocycles. The van der Waals surface area contributed by atoms with Crippen molar-refractivity contribution < 1.29 is 4.74 Å². The molecule has 0 saturated carbocycles. The fourth-order valence-electron chi connectivity index (χ4n) is 1.51. The van der Waals surface area contributed by atoms with Crippen LogP contribution in [0.1, 0.15) is 33.1 Å². The third kappa shape index (κ3) is 2.46. The molecule has 66 valence electrons. The van der Waals surface area contributed by atoms with E-state index in [1.54, 1.807) is 0 Å². The van der Waals surface area contributed by atoms with Gasteiger partial charge >= 0.3 is 0 Å². The highest BCUT2D eigenvalue weighted by atomic mass is 16.5. The van der Waals surface area contributed by atoms with Gasteiger partial charge in [0.25, 0.3) is 0 Å². The number of nitrogens with two attached hydrogens (primary N) is 1. The van der Waals surface area contributed by atoms with E-state index in [0.29, 0.717) is 18.1 Å². The van der Waals surface area contributed by atoms with Crippen molar-refractivity contribution in [1.29, 1.82) is 0 Å². The van der Waals surface area contributed by atoms with Crippen LogP contribution in [0.5, 0.6) is 0 Å². The number of hydrogen-bond donors (Lipinski definition) is 1. The predicted molar refractivity (Wildman–Crippen MR) is 46.4 cm³/mol. The summed E-state index contributed by atoms with van der Waals surface area (Å²) in [6.45, 7) is 5.30. The molecule has 2 heteroatoms. The summed E-state index contributed by atoms with van der Waals surface area (Å²) in [5, 5.41) is 0. The maximum absolute atomic E-state index is 5.84. The lowest BCUT2D eigenvalue weighted by Gasteiger charge is -2.30. The monoisotopic (exact) mass is 157 g/mol. The molecule has 2 nitrogen and oxygen atoms in total. The average molecular weight is 157 g/mol. The first-order valence-corrected chi connectivity index (χ1v) is 4.61. The molecule has 1 saturated heterocycles. The van der Waals surface area contributed by atoms with Crippen molar-refractivity contribution in [2.75, 3.05) is 6.61 Å². The summed E-state index contributed by atoms with van der Waals surface area (Å²) in [6, 6.07) is 0.378. The summed E-state index contributed by atoms with van der Waals surface area (Å²) in [5.74, 6) is 0.668. The number of hydrogen-bond acceptors (Lipinski definition) is 2. The Bertz CT molecular complexity index is 116. The lowest BCUT2D eigenvalue weighted by molar-refractivity contribution is -0.0240. The van der Waals surface area contributed by atoms with Crippen LogP contribution in [0.15, 0.2) is 0 Å². The second kappa shape index (κ2) is 4.07. The molecule has 0 aromatic heterocycles. The Hall–Kier alpha value is -0.0800. The second-order valence-electron chi connectivity index (χ2n) is 3.58. The Morgan fingerprint density at radius 1 is 1.64 bits per heavy atom. The summed E-state index contributed by atoms with van der Waals surface area (Å²) < 4.78 is 5.62. The van der Waals surface area contributed by atoms with E-state index in [4.69, 9.17) is 10.5 Å². The Morgan fingerprint density at radius 2 is 2.36 bits per heavy atom. The molecule has 0 amide bonds. The van der Waals surface area contributed by atoms with Crippen LogP contribution >= 0.6 is 0 Å². The van der Waals surface area contributed by atoms with Crippen LogP contribution in [0.2, 0.25) is 0 Å². The first kappa shape index (κ1) is 9.01. The number of rotatable bonds is 2. The average Bonchev–Trinajstić information content (AvgIpc) is 2.03. The van der Waals surface area contributed by atoms with Crippen molar-refractivity contribution in [2.45, 2.75) is 45.3 Å². The summed E-state index contributed by atoms with van der Waals surface area (Å²) in [4.78, 5) is 0. The highest BCUT2D eigenvalue weighted by Crippen LogP contribution is 2.21. The van der Waals surface area contributed by atoms with E-state index >= 15 is 0 Å². The topological polar surface area (TPSA) is 35.2 Å². The zero-order valence-electron chi connectivity index (χ0n) is 7.55. The van der Waals surface area contributed by atoms with E-state index in [1.165, 1.54) is 6.42 Å². The summed E-state index contributed by atoms with van der Waals surface area (Å²) in [7, 11) is 0. The summed E-state index contributed by atoms with van der Waals surface area (Å²) in [6.07, 6.45) is 3.70. The van der Waals surface area contributed by atoms with Crippen molar-refractivity contribution >= 4 is 0 Å². The molecule has 0 aromatic carbocycles. The SMILES string of the molecule is CCC(C)C1CC(N)CCO1. The first-order chi connectivity index (χ1) is 5.24. The zero-order valence-corrected chi connectivity index (χ0v) is 7.55. The van der Waals surface area contributed by atoms with Crippen molar-refractivity contribution in [3.05, 3.63) is 0 Å². The van der Waals surface area contributed by atoms with Gasteiger partial charge in [-0.2, -0.15) is 0 Å². The van der Waals surface area contributed by atoms with Gasteiger partial charge in [-0.1, -0.05) is 20.3 Å². The van der Waals surface area contributed by atoms with Crippen LogP contribution in [-0.4, -0.2) is 18.8 Å². The number of ether oxygens (including phenoxy) is 1. The third-order valence-corrected chi connectivity index (χ3v) is 2.63. The molecular formula is C9H19NO. The van der Waals surface area contributed by atoms with Crippen LogP contribution in [0.4, 0.5) is 0 Å². The first-order valence-electron chi connectivity index (χ1n) is 4.61. The molecule has 1 aliphatic heterocycles. The third-order valence-electron chi connectivity index (χ3n) is 2.63. The van der Waals surface area contributed by atoms with E-state index in [0.717, 1.165) is 19.4 Å². The molecule has 3 atom stereocenters. The van der Waals surface area contributed by atoms with Gasteiger partial charge in [0.15, 0.2) is 0 Å². The van der Waals surface area contributed by atoms with Crippen LogP contribution in [0, 0.1) is 5.92 Å². The Labute approximate surface area is 69.1 Å². The van der Waals surface area contributed by atoms with Gasteiger partial charge in [0.1, 0.15) is 0 Å². The van der Waals surface area contributed by atoms with Gasteiger partial charge in [-0.3, -0.25) is 0 Å². The van der Waals surface area contributed by atoms with Gasteiger partial charge in [0.2, 0.25) is 0 Å². The normalized spacial score (nSPS) is 35.2. The van der Waals surface area contributed by atoms with Gasteiger partial charge in [-0.25, -0.2) is 0 Å². The van der Waals surface area contributed by atoms with Crippen LogP contribution in [0.25, 0.3) is 0 Å². The largest absolute Gasteiger partial charge is 0.378 e. The van der Waals surface area contributed by atoms with Crippen LogP contribution in [0.3, 0.4) is 0 Å². The van der Waals surface area contributed by atoms with Gasteiger partial charge in [0, 0.05) is 12.6 Å².